The van der Waals surface area contributed by atoms with Gasteiger partial charge in [-0.15, -0.1) is 0 Å². The summed E-state index contributed by atoms with van der Waals surface area (Å²) in [4.78, 5) is 11.9. The summed E-state index contributed by atoms with van der Waals surface area (Å²) in [6, 6.07) is 5.84. The summed E-state index contributed by atoms with van der Waals surface area (Å²) in [5.41, 5.74) is 0.960. The second-order valence-corrected chi connectivity index (χ2v) is 4.10. The highest BCUT2D eigenvalue weighted by molar-refractivity contribution is 5.01. The fraction of sp³-hybridized carbons (Fsp3) is 0.583. The van der Waals surface area contributed by atoms with Crippen LogP contribution in [0.4, 0.5) is 0 Å². The van der Waals surface area contributed by atoms with Crippen LogP contribution in [0.5, 0.6) is 0 Å². The molecule has 1 aromatic rings. The monoisotopic (exact) mass is 223 g/mol. The van der Waals surface area contributed by atoms with Gasteiger partial charge in [0.1, 0.15) is 6.61 Å². The zero-order chi connectivity index (χ0) is 11.8. The van der Waals surface area contributed by atoms with E-state index >= 15 is 0 Å². The minimum Gasteiger partial charge on any atom is -0.309 e. The highest BCUT2D eigenvalue weighted by Crippen LogP contribution is 1.98. The van der Waals surface area contributed by atoms with Gasteiger partial charge >= 0.3 is 0 Å². The van der Waals surface area contributed by atoms with Crippen LogP contribution in [0.2, 0.25) is 0 Å². The number of hydrogen-bond acceptors (Lipinski definition) is 4. The second-order valence-electron chi connectivity index (χ2n) is 4.10. The molecule has 0 aliphatic carbocycles. The topological polar surface area (TPSA) is 28.6 Å². The zero-order valence-electron chi connectivity index (χ0n) is 10.4. The third kappa shape index (κ3) is 5.80. The number of pyridine rings is 1. The van der Waals surface area contributed by atoms with E-state index in [2.05, 4.69) is 24.0 Å². The standard InChI is InChI=1S/C12H21N3O/c1-14(2)9-6-10-15(3)16-11-12-7-4-5-8-13-12/h4-5,7-8H,6,9-11H2,1-3H3. The molecular formula is C12H21N3O. The summed E-state index contributed by atoms with van der Waals surface area (Å²) >= 11 is 0. The van der Waals surface area contributed by atoms with Gasteiger partial charge in [-0.3, -0.25) is 9.82 Å². The van der Waals surface area contributed by atoms with Gasteiger partial charge in [0.25, 0.3) is 0 Å². The Morgan fingerprint density at radius 2 is 2.00 bits per heavy atom. The number of nitrogens with zero attached hydrogens (tertiary/aromatic N) is 3. The van der Waals surface area contributed by atoms with E-state index in [4.69, 9.17) is 4.84 Å². The summed E-state index contributed by atoms with van der Waals surface area (Å²) in [6.07, 6.45) is 2.89. The maximum atomic E-state index is 5.56. The highest BCUT2D eigenvalue weighted by atomic mass is 16.7. The lowest BCUT2D eigenvalue weighted by atomic mass is 10.4. The minimum atomic E-state index is 0.541. The van der Waals surface area contributed by atoms with Crippen LogP contribution in [0.15, 0.2) is 24.4 Å². The fourth-order valence-electron chi connectivity index (χ4n) is 1.33. The van der Waals surface area contributed by atoms with Crippen LogP contribution in [-0.2, 0) is 11.4 Å². The molecule has 4 heteroatoms. The van der Waals surface area contributed by atoms with Crippen molar-refractivity contribution in [1.29, 1.82) is 0 Å². The molecule has 1 rings (SSSR count). The van der Waals surface area contributed by atoms with Crippen molar-refractivity contribution < 1.29 is 4.84 Å². The molecule has 90 valence electrons. The van der Waals surface area contributed by atoms with Crippen LogP contribution < -0.4 is 0 Å². The van der Waals surface area contributed by atoms with E-state index in [1.165, 1.54) is 0 Å². The summed E-state index contributed by atoms with van der Waals surface area (Å²) < 4.78 is 0. The van der Waals surface area contributed by atoms with Crippen molar-refractivity contribution in [3.05, 3.63) is 30.1 Å². The van der Waals surface area contributed by atoms with Crippen molar-refractivity contribution in [3.63, 3.8) is 0 Å². The molecule has 4 nitrogen and oxygen atoms in total. The van der Waals surface area contributed by atoms with Gasteiger partial charge in [-0.2, -0.15) is 5.06 Å². The van der Waals surface area contributed by atoms with Crippen molar-refractivity contribution in [1.82, 2.24) is 14.9 Å². The first-order valence-corrected chi connectivity index (χ1v) is 5.57. The highest BCUT2D eigenvalue weighted by Gasteiger charge is 2.00. The Labute approximate surface area is 97.8 Å². The van der Waals surface area contributed by atoms with E-state index in [0.29, 0.717) is 6.61 Å². The number of aromatic nitrogens is 1. The smallest absolute Gasteiger partial charge is 0.111 e. The summed E-state index contributed by atoms with van der Waals surface area (Å²) in [7, 11) is 6.11. The Hall–Kier alpha value is -0.970. The Kier molecular flexibility index (Phi) is 6.00. The van der Waals surface area contributed by atoms with Gasteiger partial charge in [0.2, 0.25) is 0 Å². The lowest BCUT2D eigenvalue weighted by Crippen LogP contribution is -2.24. The van der Waals surface area contributed by atoms with Crippen LogP contribution in [0, 0.1) is 0 Å². The SMILES string of the molecule is CN(C)CCCN(C)OCc1ccccn1. The Bertz CT molecular complexity index is 277. The molecule has 0 atom stereocenters. The molecule has 0 aliphatic heterocycles. The second kappa shape index (κ2) is 7.33. The van der Waals surface area contributed by atoms with Crippen molar-refractivity contribution >= 4 is 0 Å². The third-order valence-electron chi connectivity index (χ3n) is 2.24. The predicted octanol–water partition coefficient (Wildman–Crippen LogP) is 1.40. The van der Waals surface area contributed by atoms with Crippen LogP contribution in [0.3, 0.4) is 0 Å². The summed E-state index contributed by atoms with van der Waals surface area (Å²) in [6.45, 7) is 2.56. The van der Waals surface area contributed by atoms with E-state index in [9.17, 15) is 0 Å². The van der Waals surface area contributed by atoms with E-state index in [1.807, 2.05) is 30.3 Å². The molecule has 0 amide bonds. The Balaban J connectivity index is 2.13. The normalized spacial score (nSPS) is 11.3. The van der Waals surface area contributed by atoms with Crippen LogP contribution >= 0.6 is 0 Å². The summed E-state index contributed by atoms with van der Waals surface area (Å²) in [5.74, 6) is 0. The minimum absolute atomic E-state index is 0.541. The molecule has 0 radical (unpaired) electrons. The molecule has 0 unspecified atom stereocenters. The van der Waals surface area contributed by atoms with Gasteiger partial charge in [0, 0.05) is 19.8 Å². The average molecular weight is 223 g/mol. The molecule has 0 saturated carbocycles. The molecule has 1 heterocycles. The lowest BCUT2D eigenvalue weighted by molar-refractivity contribution is -0.152. The molecular weight excluding hydrogens is 202 g/mol. The maximum Gasteiger partial charge on any atom is 0.111 e. The average Bonchev–Trinajstić information content (AvgIpc) is 2.27. The molecule has 0 saturated heterocycles. The predicted molar refractivity (Wildman–Crippen MR) is 64.8 cm³/mol. The van der Waals surface area contributed by atoms with Gasteiger partial charge in [-0.1, -0.05) is 6.07 Å². The molecule has 1 aromatic heterocycles. The van der Waals surface area contributed by atoms with Crippen LogP contribution in [-0.4, -0.2) is 49.2 Å². The Morgan fingerprint density at radius 1 is 1.19 bits per heavy atom. The van der Waals surface area contributed by atoms with Gasteiger partial charge in [-0.25, -0.2) is 0 Å². The first-order chi connectivity index (χ1) is 7.68. The van der Waals surface area contributed by atoms with Crippen molar-refractivity contribution in [2.75, 3.05) is 34.2 Å². The first-order valence-electron chi connectivity index (χ1n) is 5.57. The molecule has 0 aromatic carbocycles. The largest absolute Gasteiger partial charge is 0.309 e. The summed E-state index contributed by atoms with van der Waals surface area (Å²) in [5, 5.41) is 1.87. The van der Waals surface area contributed by atoms with Gasteiger partial charge in [0.15, 0.2) is 0 Å². The Morgan fingerprint density at radius 3 is 2.62 bits per heavy atom. The zero-order valence-corrected chi connectivity index (χ0v) is 10.4. The molecule has 0 N–H and O–H groups in total. The van der Waals surface area contributed by atoms with Crippen molar-refractivity contribution in [2.24, 2.45) is 0 Å². The van der Waals surface area contributed by atoms with E-state index < -0.39 is 0 Å². The first kappa shape index (κ1) is 13.1. The number of rotatable bonds is 7. The number of hydrogen-bond donors (Lipinski definition) is 0. The van der Waals surface area contributed by atoms with E-state index in [1.54, 1.807) is 6.20 Å². The van der Waals surface area contributed by atoms with E-state index in [-0.39, 0.29) is 0 Å². The van der Waals surface area contributed by atoms with E-state index in [0.717, 1.165) is 25.2 Å². The molecule has 0 fully saturated rings. The molecule has 16 heavy (non-hydrogen) atoms. The quantitative estimate of drug-likeness (QED) is 0.653. The molecule has 0 bridgehead atoms. The van der Waals surface area contributed by atoms with Crippen LogP contribution in [0.25, 0.3) is 0 Å². The van der Waals surface area contributed by atoms with Crippen LogP contribution in [0.1, 0.15) is 12.1 Å². The van der Waals surface area contributed by atoms with Crippen molar-refractivity contribution in [2.45, 2.75) is 13.0 Å². The van der Waals surface area contributed by atoms with Gasteiger partial charge < -0.3 is 4.90 Å². The maximum absolute atomic E-state index is 5.56. The fourth-order valence-corrected chi connectivity index (χ4v) is 1.33. The van der Waals surface area contributed by atoms with Gasteiger partial charge in [-0.05, 0) is 39.2 Å². The molecule has 0 aliphatic rings. The molecule has 0 spiro atoms. The number of hydroxylamine groups is 2. The van der Waals surface area contributed by atoms with Gasteiger partial charge in [0.05, 0.1) is 5.69 Å². The third-order valence-corrected chi connectivity index (χ3v) is 2.24. The lowest BCUT2D eigenvalue weighted by Gasteiger charge is -2.17. The van der Waals surface area contributed by atoms with Crippen molar-refractivity contribution in [3.8, 4) is 0 Å².